The molecular formula is C13H12O4S. The van der Waals surface area contributed by atoms with Crippen molar-refractivity contribution in [2.24, 2.45) is 0 Å². The molecule has 0 aliphatic rings. The fraction of sp³-hybridized carbons (Fsp3) is 0.0769. The van der Waals surface area contributed by atoms with Gasteiger partial charge in [-0.25, -0.2) is 8.42 Å². The summed E-state index contributed by atoms with van der Waals surface area (Å²) >= 11 is 0. The Morgan fingerprint density at radius 3 is 2.17 bits per heavy atom. The third kappa shape index (κ3) is 2.04. The number of sulfone groups is 1. The summed E-state index contributed by atoms with van der Waals surface area (Å²) < 4.78 is 24.5. The van der Waals surface area contributed by atoms with Crippen LogP contribution in [0.15, 0.2) is 52.3 Å². The Kier molecular flexibility index (Phi) is 3.00. The third-order valence-corrected chi connectivity index (χ3v) is 4.40. The molecule has 0 aliphatic heterocycles. The molecule has 0 spiro atoms. The van der Waals surface area contributed by atoms with Gasteiger partial charge in [-0.2, -0.15) is 0 Å². The van der Waals surface area contributed by atoms with Crippen LogP contribution < -0.4 is 0 Å². The fourth-order valence-electron chi connectivity index (χ4n) is 1.57. The van der Waals surface area contributed by atoms with E-state index in [2.05, 4.69) is 0 Å². The quantitative estimate of drug-likeness (QED) is 0.816. The summed E-state index contributed by atoms with van der Waals surface area (Å²) in [5, 5.41) is 19.0. The first kappa shape index (κ1) is 12.4. The van der Waals surface area contributed by atoms with E-state index >= 15 is 0 Å². The van der Waals surface area contributed by atoms with Crippen LogP contribution in [0.1, 0.15) is 5.56 Å². The third-order valence-electron chi connectivity index (χ3n) is 2.60. The van der Waals surface area contributed by atoms with E-state index in [0.717, 1.165) is 5.56 Å². The molecule has 0 saturated heterocycles. The molecule has 0 unspecified atom stereocenters. The highest BCUT2D eigenvalue weighted by Gasteiger charge is 2.22. The van der Waals surface area contributed by atoms with Gasteiger partial charge < -0.3 is 10.2 Å². The zero-order valence-corrected chi connectivity index (χ0v) is 10.5. The molecule has 2 aromatic rings. The number of aryl methyl sites for hydroxylation is 1. The van der Waals surface area contributed by atoms with Crippen LogP contribution in [0.25, 0.3) is 0 Å². The van der Waals surface area contributed by atoms with Crippen LogP contribution >= 0.6 is 0 Å². The largest absolute Gasteiger partial charge is 0.504 e. The molecule has 4 nitrogen and oxygen atoms in total. The molecule has 0 fully saturated rings. The lowest BCUT2D eigenvalue weighted by molar-refractivity contribution is 0.393. The zero-order chi connectivity index (χ0) is 13.3. The van der Waals surface area contributed by atoms with Crippen LogP contribution in [-0.2, 0) is 9.84 Å². The van der Waals surface area contributed by atoms with Crippen LogP contribution in [0.4, 0.5) is 0 Å². The van der Waals surface area contributed by atoms with Crippen LogP contribution in [-0.4, -0.2) is 18.6 Å². The van der Waals surface area contributed by atoms with Gasteiger partial charge in [-0.05, 0) is 31.2 Å². The maximum Gasteiger partial charge on any atom is 0.210 e. The van der Waals surface area contributed by atoms with Crippen LogP contribution in [0.2, 0.25) is 0 Å². The van der Waals surface area contributed by atoms with Gasteiger partial charge in [-0.3, -0.25) is 0 Å². The maximum atomic E-state index is 12.2. The minimum Gasteiger partial charge on any atom is -0.504 e. The van der Waals surface area contributed by atoms with Gasteiger partial charge in [0.15, 0.2) is 11.5 Å². The Morgan fingerprint density at radius 1 is 0.944 bits per heavy atom. The maximum absolute atomic E-state index is 12.2. The lowest BCUT2D eigenvalue weighted by atomic mass is 10.2. The number of phenolic OH excluding ortho intramolecular Hbond substituents is 2. The molecule has 18 heavy (non-hydrogen) atoms. The van der Waals surface area contributed by atoms with E-state index in [9.17, 15) is 18.6 Å². The van der Waals surface area contributed by atoms with Gasteiger partial charge in [0.25, 0.3) is 0 Å². The van der Waals surface area contributed by atoms with Gasteiger partial charge in [0.05, 0.1) is 4.90 Å². The summed E-state index contributed by atoms with van der Waals surface area (Å²) in [7, 11) is -3.82. The molecule has 2 rings (SSSR count). The highest BCUT2D eigenvalue weighted by Crippen LogP contribution is 2.34. The lowest BCUT2D eigenvalue weighted by Gasteiger charge is -2.07. The van der Waals surface area contributed by atoms with Crippen molar-refractivity contribution in [3.8, 4) is 11.5 Å². The van der Waals surface area contributed by atoms with Crippen LogP contribution in [0.3, 0.4) is 0 Å². The summed E-state index contributed by atoms with van der Waals surface area (Å²) in [6.45, 7) is 1.85. The lowest BCUT2D eigenvalue weighted by Crippen LogP contribution is -2.02. The molecule has 0 saturated carbocycles. The van der Waals surface area contributed by atoms with Crippen molar-refractivity contribution < 1.29 is 18.6 Å². The second-order valence-electron chi connectivity index (χ2n) is 3.94. The van der Waals surface area contributed by atoms with Crippen molar-refractivity contribution in [2.75, 3.05) is 0 Å². The fourth-order valence-corrected chi connectivity index (χ4v) is 2.94. The average molecular weight is 264 g/mol. The minimum atomic E-state index is -3.82. The van der Waals surface area contributed by atoms with Gasteiger partial charge in [-0.1, -0.05) is 23.8 Å². The molecule has 0 atom stereocenters. The molecule has 2 N–H and O–H groups in total. The minimum absolute atomic E-state index is 0.0778. The summed E-state index contributed by atoms with van der Waals surface area (Å²) in [6.07, 6.45) is 0. The second kappa shape index (κ2) is 4.34. The molecule has 94 valence electrons. The van der Waals surface area contributed by atoms with Crippen molar-refractivity contribution in [1.82, 2.24) is 0 Å². The first-order chi connectivity index (χ1) is 8.43. The topological polar surface area (TPSA) is 74.6 Å². The van der Waals surface area contributed by atoms with E-state index in [-0.39, 0.29) is 9.79 Å². The Hall–Kier alpha value is -2.01. The monoisotopic (exact) mass is 264 g/mol. The molecule has 0 bridgehead atoms. The Morgan fingerprint density at radius 2 is 1.56 bits per heavy atom. The highest BCUT2D eigenvalue weighted by molar-refractivity contribution is 7.91. The van der Waals surface area contributed by atoms with Crippen molar-refractivity contribution >= 4 is 9.84 Å². The summed E-state index contributed by atoms with van der Waals surface area (Å²) in [5.41, 5.74) is 0.939. The van der Waals surface area contributed by atoms with Gasteiger partial charge in [-0.15, -0.1) is 0 Å². The van der Waals surface area contributed by atoms with Crippen molar-refractivity contribution in [3.05, 3.63) is 48.0 Å². The van der Waals surface area contributed by atoms with E-state index in [1.807, 2.05) is 6.92 Å². The predicted molar refractivity (Wildman–Crippen MR) is 66.4 cm³/mol. The molecular weight excluding hydrogens is 252 g/mol. The number of aromatic hydroxyl groups is 2. The van der Waals surface area contributed by atoms with Gasteiger partial charge >= 0.3 is 0 Å². The number of hydrogen-bond acceptors (Lipinski definition) is 4. The molecule has 2 aromatic carbocycles. The zero-order valence-electron chi connectivity index (χ0n) is 9.66. The van der Waals surface area contributed by atoms with E-state index < -0.39 is 21.3 Å². The predicted octanol–water partition coefficient (Wildman–Crippen LogP) is 2.24. The number of benzene rings is 2. The molecule has 5 heteroatoms. The smallest absolute Gasteiger partial charge is 0.210 e. The molecule has 0 radical (unpaired) electrons. The first-order valence-electron chi connectivity index (χ1n) is 5.25. The van der Waals surface area contributed by atoms with E-state index in [0.29, 0.717) is 0 Å². The van der Waals surface area contributed by atoms with E-state index in [4.69, 9.17) is 0 Å². The molecule has 0 heterocycles. The average Bonchev–Trinajstić information content (AvgIpc) is 2.33. The summed E-state index contributed by atoms with van der Waals surface area (Å²) in [5.74, 6) is -1.08. The summed E-state index contributed by atoms with van der Waals surface area (Å²) in [4.78, 5) is -0.222. The number of para-hydroxylation sites is 1. The second-order valence-corrected chi connectivity index (χ2v) is 5.86. The normalized spacial score (nSPS) is 11.4. The highest BCUT2D eigenvalue weighted by atomic mass is 32.2. The standard InChI is InChI=1S/C13H12O4S/c1-9-5-7-10(8-6-9)18(16,17)12-4-2-3-11(14)13(12)15/h2-8,14-15H,1H3. The van der Waals surface area contributed by atoms with E-state index in [1.54, 1.807) is 12.1 Å². The Bertz CT molecular complexity index is 673. The van der Waals surface area contributed by atoms with Crippen LogP contribution in [0.5, 0.6) is 11.5 Å². The van der Waals surface area contributed by atoms with Crippen LogP contribution in [0, 0.1) is 6.92 Å². The van der Waals surface area contributed by atoms with Gasteiger partial charge in [0.1, 0.15) is 4.90 Å². The van der Waals surface area contributed by atoms with Gasteiger partial charge in [0.2, 0.25) is 9.84 Å². The molecule has 0 amide bonds. The first-order valence-corrected chi connectivity index (χ1v) is 6.74. The van der Waals surface area contributed by atoms with E-state index in [1.165, 1.54) is 30.3 Å². The number of hydrogen-bond donors (Lipinski definition) is 2. The molecule has 0 aliphatic carbocycles. The van der Waals surface area contributed by atoms with Crippen molar-refractivity contribution in [2.45, 2.75) is 16.7 Å². The Balaban J connectivity index is 2.62. The Labute approximate surface area is 105 Å². The van der Waals surface area contributed by atoms with Crippen molar-refractivity contribution in [3.63, 3.8) is 0 Å². The number of phenols is 2. The SMILES string of the molecule is Cc1ccc(S(=O)(=O)c2cccc(O)c2O)cc1. The molecule has 0 aromatic heterocycles. The van der Waals surface area contributed by atoms with Crippen molar-refractivity contribution in [1.29, 1.82) is 0 Å². The number of rotatable bonds is 2. The van der Waals surface area contributed by atoms with Gasteiger partial charge in [0, 0.05) is 0 Å². The summed E-state index contributed by atoms with van der Waals surface area (Å²) in [6, 6.07) is 10.1.